The Labute approximate surface area is 104 Å². The lowest BCUT2D eigenvalue weighted by Gasteiger charge is -2.29. The van der Waals surface area contributed by atoms with Gasteiger partial charge < -0.3 is 15.0 Å². The highest BCUT2D eigenvalue weighted by Crippen LogP contribution is 2.33. The molecule has 1 aliphatic rings. The number of methoxy groups -OCH3 is 1. The van der Waals surface area contributed by atoms with Gasteiger partial charge in [0.15, 0.2) is 0 Å². The monoisotopic (exact) mass is 234 g/mol. The van der Waals surface area contributed by atoms with Crippen molar-refractivity contribution in [1.29, 1.82) is 0 Å². The van der Waals surface area contributed by atoms with Crippen LogP contribution >= 0.6 is 0 Å². The highest BCUT2D eigenvalue weighted by atomic mass is 16.5. The van der Waals surface area contributed by atoms with Crippen molar-refractivity contribution in [3.8, 4) is 5.75 Å². The summed E-state index contributed by atoms with van der Waals surface area (Å²) in [7, 11) is 1.75. The number of hydrogen-bond donors (Lipinski definition) is 1. The molecule has 0 radical (unpaired) electrons. The zero-order valence-electron chi connectivity index (χ0n) is 11.0. The second-order valence-corrected chi connectivity index (χ2v) is 4.34. The SMILES string of the molecule is CCN(CC)c1ccc(OC)c2c1CCNC2. The van der Waals surface area contributed by atoms with Gasteiger partial charge in [-0.3, -0.25) is 0 Å². The Hall–Kier alpha value is -1.22. The molecule has 17 heavy (non-hydrogen) atoms. The third-order valence-corrected chi connectivity index (χ3v) is 3.54. The van der Waals surface area contributed by atoms with E-state index in [4.69, 9.17) is 4.74 Å². The zero-order chi connectivity index (χ0) is 12.3. The summed E-state index contributed by atoms with van der Waals surface area (Å²) in [6.07, 6.45) is 1.10. The lowest BCUT2D eigenvalue weighted by atomic mass is 9.97. The van der Waals surface area contributed by atoms with Crippen molar-refractivity contribution in [2.45, 2.75) is 26.8 Å². The fourth-order valence-corrected chi connectivity index (χ4v) is 2.61. The van der Waals surface area contributed by atoms with Crippen LogP contribution in [0, 0.1) is 0 Å². The minimum Gasteiger partial charge on any atom is -0.496 e. The molecule has 1 aromatic rings. The minimum atomic E-state index is 0.924. The van der Waals surface area contributed by atoms with Gasteiger partial charge in [0, 0.05) is 30.9 Å². The standard InChI is InChI=1S/C14H22N2O/c1-4-16(5-2)13-6-7-14(17-3)12-10-15-9-8-11(12)13/h6-7,15H,4-5,8-10H2,1-3H3. The van der Waals surface area contributed by atoms with Gasteiger partial charge in [-0.1, -0.05) is 0 Å². The molecule has 3 heteroatoms. The Kier molecular flexibility index (Phi) is 3.89. The number of benzene rings is 1. The summed E-state index contributed by atoms with van der Waals surface area (Å²) in [6.45, 7) is 8.52. The number of hydrogen-bond acceptors (Lipinski definition) is 3. The van der Waals surface area contributed by atoms with Gasteiger partial charge in [-0.15, -0.1) is 0 Å². The fraction of sp³-hybridized carbons (Fsp3) is 0.571. The molecule has 3 nitrogen and oxygen atoms in total. The zero-order valence-corrected chi connectivity index (χ0v) is 11.0. The Bertz CT molecular complexity index is 386. The van der Waals surface area contributed by atoms with Gasteiger partial charge in [0.1, 0.15) is 5.75 Å². The third-order valence-electron chi connectivity index (χ3n) is 3.54. The molecule has 0 unspecified atom stereocenters. The molecule has 0 amide bonds. The van der Waals surface area contributed by atoms with E-state index in [0.717, 1.165) is 38.3 Å². The van der Waals surface area contributed by atoms with Gasteiger partial charge in [0.05, 0.1) is 7.11 Å². The molecule has 1 aliphatic heterocycles. The second kappa shape index (κ2) is 5.41. The normalized spacial score (nSPS) is 14.3. The lowest BCUT2D eigenvalue weighted by Crippen LogP contribution is -2.29. The first kappa shape index (κ1) is 12.2. The first-order valence-corrected chi connectivity index (χ1v) is 6.46. The first-order chi connectivity index (χ1) is 8.31. The summed E-state index contributed by atoms with van der Waals surface area (Å²) in [5.74, 6) is 1.02. The van der Waals surface area contributed by atoms with E-state index in [1.807, 2.05) is 0 Å². The number of anilines is 1. The molecule has 0 spiro atoms. The van der Waals surface area contributed by atoms with E-state index >= 15 is 0 Å². The Morgan fingerprint density at radius 1 is 1.24 bits per heavy atom. The topological polar surface area (TPSA) is 24.5 Å². The number of fused-ring (bicyclic) bond motifs is 1. The highest BCUT2D eigenvalue weighted by molar-refractivity contribution is 5.61. The van der Waals surface area contributed by atoms with Crippen molar-refractivity contribution < 1.29 is 4.74 Å². The molecule has 1 N–H and O–H groups in total. The molecule has 1 heterocycles. The van der Waals surface area contributed by atoms with Crippen LogP contribution in [0.1, 0.15) is 25.0 Å². The van der Waals surface area contributed by atoms with E-state index in [2.05, 4.69) is 36.2 Å². The van der Waals surface area contributed by atoms with Crippen LogP contribution in [0.2, 0.25) is 0 Å². The van der Waals surface area contributed by atoms with E-state index in [9.17, 15) is 0 Å². The van der Waals surface area contributed by atoms with Gasteiger partial charge in [-0.2, -0.15) is 0 Å². The largest absolute Gasteiger partial charge is 0.496 e. The van der Waals surface area contributed by atoms with Crippen LogP contribution in [0.3, 0.4) is 0 Å². The molecular weight excluding hydrogens is 212 g/mol. The van der Waals surface area contributed by atoms with Crippen molar-refractivity contribution in [2.75, 3.05) is 31.6 Å². The molecule has 0 fully saturated rings. The number of nitrogens with one attached hydrogen (secondary N) is 1. The maximum Gasteiger partial charge on any atom is 0.123 e. The highest BCUT2D eigenvalue weighted by Gasteiger charge is 2.19. The van der Waals surface area contributed by atoms with Crippen LogP contribution in [-0.4, -0.2) is 26.7 Å². The quantitative estimate of drug-likeness (QED) is 0.864. The lowest BCUT2D eigenvalue weighted by molar-refractivity contribution is 0.404. The number of ether oxygens (including phenoxy) is 1. The maximum atomic E-state index is 5.46. The van der Waals surface area contributed by atoms with Crippen LogP contribution < -0.4 is 15.0 Å². The summed E-state index contributed by atoms with van der Waals surface area (Å²) < 4.78 is 5.46. The maximum absolute atomic E-state index is 5.46. The molecule has 0 aliphatic carbocycles. The summed E-state index contributed by atoms with van der Waals surface area (Å²) in [4.78, 5) is 2.42. The van der Waals surface area contributed by atoms with Gasteiger partial charge in [0.2, 0.25) is 0 Å². The van der Waals surface area contributed by atoms with Crippen LogP contribution in [0.4, 0.5) is 5.69 Å². The number of nitrogens with zero attached hydrogens (tertiary/aromatic N) is 1. The molecule has 2 rings (SSSR count). The Morgan fingerprint density at radius 3 is 2.65 bits per heavy atom. The molecular formula is C14H22N2O. The van der Waals surface area contributed by atoms with Crippen LogP contribution in [-0.2, 0) is 13.0 Å². The predicted molar refractivity (Wildman–Crippen MR) is 72.0 cm³/mol. The summed E-state index contributed by atoms with van der Waals surface area (Å²) in [5.41, 5.74) is 4.18. The van der Waals surface area contributed by atoms with E-state index in [1.165, 1.54) is 16.8 Å². The molecule has 1 aromatic carbocycles. The van der Waals surface area contributed by atoms with Crippen molar-refractivity contribution in [1.82, 2.24) is 5.32 Å². The van der Waals surface area contributed by atoms with E-state index < -0.39 is 0 Å². The van der Waals surface area contributed by atoms with Crippen LogP contribution in [0.25, 0.3) is 0 Å². The Balaban J connectivity index is 2.46. The Morgan fingerprint density at radius 2 is 2.00 bits per heavy atom. The average molecular weight is 234 g/mol. The third kappa shape index (κ3) is 2.25. The van der Waals surface area contributed by atoms with Crippen molar-refractivity contribution in [2.24, 2.45) is 0 Å². The predicted octanol–water partition coefficient (Wildman–Crippen LogP) is 2.19. The van der Waals surface area contributed by atoms with Crippen LogP contribution in [0.15, 0.2) is 12.1 Å². The average Bonchev–Trinajstić information content (AvgIpc) is 2.40. The smallest absolute Gasteiger partial charge is 0.123 e. The van der Waals surface area contributed by atoms with Crippen LogP contribution in [0.5, 0.6) is 5.75 Å². The molecule has 0 saturated carbocycles. The summed E-state index contributed by atoms with van der Waals surface area (Å²) in [6, 6.07) is 4.30. The van der Waals surface area contributed by atoms with Crippen molar-refractivity contribution >= 4 is 5.69 Å². The molecule has 0 aromatic heterocycles. The van der Waals surface area contributed by atoms with Gasteiger partial charge in [0.25, 0.3) is 0 Å². The van der Waals surface area contributed by atoms with Crippen molar-refractivity contribution in [3.63, 3.8) is 0 Å². The van der Waals surface area contributed by atoms with Gasteiger partial charge in [-0.05, 0) is 44.5 Å². The van der Waals surface area contributed by atoms with Gasteiger partial charge in [-0.25, -0.2) is 0 Å². The molecule has 0 bridgehead atoms. The molecule has 0 atom stereocenters. The van der Waals surface area contributed by atoms with Crippen molar-refractivity contribution in [3.05, 3.63) is 23.3 Å². The molecule has 94 valence electrons. The van der Waals surface area contributed by atoms with E-state index in [-0.39, 0.29) is 0 Å². The van der Waals surface area contributed by atoms with E-state index in [0.29, 0.717) is 0 Å². The second-order valence-electron chi connectivity index (χ2n) is 4.34. The fourth-order valence-electron chi connectivity index (χ4n) is 2.61. The molecule has 0 saturated heterocycles. The van der Waals surface area contributed by atoms with Gasteiger partial charge >= 0.3 is 0 Å². The number of rotatable bonds is 4. The first-order valence-electron chi connectivity index (χ1n) is 6.46. The summed E-state index contributed by atoms with van der Waals surface area (Å²) in [5, 5.41) is 3.42. The minimum absolute atomic E-state index is 0.924. The summed E-state index contributed by atoms with van der Waals surface area (Å²) >= 11 is 0. The van der Waals surface area contributed by atoms with E-state index in [1.54, 1.807) is 7.11 Å².